The van der Waals surface area contributed by atoms with E-state index in [1.807, 2.05) is 24.3 Å². The van der Waals surface area contributed by atoms with Crippen LogP contribution in [0, 0.1) is 5.82 Å². The number of benzene rings is 3. The highest BCUT2D eigenvalue weighted by molar-refractivity contribution is 9.10. The molecular formula is C17H10BrCl2F. The van der Waals surface area contributed by atoms with E-state index in [0.717, 1.165) is 21.0 Å². The third kappa shape index (κ3) is 2.80. The van der Waals surface area contributed by atoms with Crippen molar-refractivity contribution in [1.82, 2.24) is 0 Å². The lowest BCUT2D eigenvalue weighted by Gasteiger charge is -2.15. The first kappa shape index (κ1) is 14.8. The van der Waals surface area contributed by atoms with Gasteiger partial charge in [0.2, 0.25) is 0 Å². The van der Waals surface area contributed by atoms with Crippen molar-refractivity contribution >= 4 is 49.9 Å². The van der Waals surface area contributed by atoms with Crippen LogP contribution in [0.4, 0.5) is 4.39 Å². The van der Waals surface area contributed by atoms with Gasteiger partial charge in [0.1, 0.15) is 5.82 Å². The Bertz CT molecular complexity index is 817. The van der Waals surface area contributed by atoms with Gasteiger partial charge in [0.05, 0.1) is 5.38 Å². The van der Waals surface area contributed by atoms with E-state index in [2.05, 4.69) is 15.9 Å². The zero-order valence-corrected chi connectivity index (χ0v) is 13.9. The molecule has 0 N–H and O–H groups in total. The fourth-order valence-corrected chi connectivity index (χ4v) is 3.81. The maximum absolute atomic E-state index is 13.9. The highest BCUT2D eigenvalue weighted by Crippen LogP contribution is 2.38. The van der Waals surface area contributed by atoms with E-state index in [0.29, 0.717) is 10.4 Å². The minimum absolute atomic E-state index is 0.242. The molecule has 0 aliphatic carbocycles. The minimum atomic E-state index is -0.387. The summed E-state index contributed by atoms with van der Waals surface area (Å²) in [6.07, 6.45) is 0. The molecule has 1 unspecified atom stereocenters. The van der Waals surface area contributed by atoms with Crippen LogP contribution in [-0.4, -0.2) is 0 Å². The van der Waals surface area contributed by atoms with Crippen LogP contribution in [0.25, 0.3) is 10.8 Å². The largest absolute Gasteiger partial charge is 0.206 e. The van der Waals surface area contributed by atoms with Crippen LogP contribution in [0.1, 0.15) is 16.5 Å². The lowest BCUT2D eigenvalue weighted by atomic mass is 9.97. The van der Waals surface area contributed by atoms with Gasteiger partial charge in [-0.1, -0.05) is 63.9 Å². The second-order valence-corrected chi connectivity index (χ2v) is 6.44. The van der Waals surface area contributed by atoms with Gasteiger partial charge in [-0.15, -0.1) is 11.6 Å². The molecule has 3 rings (SSSR count). The summed E-state index contributed by atoms with van der Waals surface area (Å²) in [6, 6.07) is 16.0. The SMILES string of the molecule is Fc1ccc(C(Cl)c2ccc(Cl)cc2Br)c2ccccc12. The standard InChI is InChI=1S/C17H10BrCl2F/c18-15-9-10(19)5-6-14(15)17(20)13-7-8-16(21)12-4-2-1-3-11(12)13/h1-9,17H. The smallest absolute Gasteiger partial charge is 0.131 e. The molecule has 0 bridgehead atoms. The maximum Gasteiger partial charge on any atom is 0.131 e. The van der Waals surface area contributed by atoms with E-state index >= 15 is 0 Å². The number of alkyl halides is 1. The van der Waals surface area contributed by atoms with Crippen LogP contribution in [0.2, 0.25) is 5.02 Å². The van der Waals surface area contributed by atoms with E-state index in [9.17, 15) is 4.39 Å². The highest BCUT2D eigenvalue weighted by Gasteiger charge is 2.17. The van der Waals surface area contributed by atoms with E-state index in [4.69, 9.17) is 23.2 Å². The molecule has 0 fully saturated rings. The van der Waals surface area contributed by atoms with Crippen LogP contribution in [0.5, 0.6) is 0 Å². The van der Waals surface area contributed by atoms with Gasteiger partial charge in [-0.2, -0.15) is 0 Å². The molecule has 1 atom stereocenters. The van der Waals surface area contributed by atoms with E-state index in [-0.39, 0.29) is 11.2 Å². The summed E-state index contributed by atoms with van der Waals surface area (Å²) in [4.78, 5) is 0. The van der Waals surface area contributed by atoms with Gasteiger partial charge in [0.25, 0.3) is 0 Å². The third-order valence-corrected chi connectivity index (χ3v) is 4.81. The molecular weight excluding hydrogens is 374 g/mol. The maximum atomic E-state index is 13.9. The molecule has 3 aromatic rings. The number of halogens is 4. The van der Waals surface area contributed by atoms with Gasteiger partial charge in [0.15, 0.2) is 0 Å². The molecule has 4 heteroatoms. The average molecular weight is 384 g/mol. The monoisotopic (exact) mass is 382 g/mol. The molecule has 0 heterocycles. The number of hydrogen-bond donors (Lipinski definition) is 0. The van der Waals surface area contributed by atoms with Crippen molar-refractivity contribution < 1.29 is 4.39 Å². The number of fused-ring (bicyclic) bond motifs is 1. The quantitative estimate of drug-likeness (QED) is 0.430. The van der Waals surface area contributed by atoms with Gasteiger partial charge >= 0.3 is 0 Å². The Kier molecular flexibility index (Phi) is 4.21. The predicted octanol–water partition coefficient (Wildman–Crippen LogP) is 6.72. The van der Waals surface area contributed by atoms with Crippen LogP contribution < -0.4 is 0 Å². The molecule has 0 saturated carbocycles. The zero-order chi connectivity index (χ0) is 15.0. The summed E-state index contributed by atoms with van der Waals surface area (Å²) in [5, 5.41) is 1.64. The van der Waals surface area contributed by atoms with Crippen molar-refractivity contribution in [3.05, 3.63) is 81.0 Å². The molecule has 0 saturated heterocycles. The molecule has 21 heavy (non-hydrogen) atoms. The van der Waals surface area contributed by atoms with E-state index < -0.39 is 0 Å². The summed E-state index contributed by atoms with van der Waals surface area (Å²) >= 11 is 16.1. The van der Waals surface area contributed by atoms with Crippen molar-refractivity contribution in [3.8, 4) is 0 Å². The van der Waals surface area contributed by atoms with Crippen molar-refractivity contribution in [1.29, 1.82) is 0 Å². The van der Waals surface area contributed by atoms with Gasteiger partial charge in [0, 0.05) is 14.9 Å². The molecule has 0 radical (unpaired) electrons. The van der Waals surface area contributed by atoms with Crippen LogP contribution >= 0.6 is 39.1 Å². The summed E-state index contributed by atoms with van der Waals surface area (Å²) in [7, 11) is 0. The summed E-state index contributed by atoms with van der Waals surface area (Å²) in [5.74, 6) is -0.242. The van der Waals surface area contributed by atoms with Gasteiger partial charge < -0.3 is 0 Å². The van der Waals surface area contributed by atoms with Crippen molar-refractivity contribution in [2.45, 2.75) is 5.38 Å². The van der Waals surface area contributed by atoms with Crippen LogP contribution in [-0.2, 0) is 0 Å². The first-order valence-electron chi connectivity index (χ1n) is 6.34. The lowest BCUT2D eigenvalue weighted by molar-refractivity contribution is 0.639. The Morgan fingerprint density at radius 2 is 1.57 bits per heavy atom. The third-order valence-electron chi connectivity index (χ3n) is 3.41. The fraction of sp³-hybridized carbons (Fsp3) is 0.0588. The summed E-state index contributed by atoms with van der Waals surface area (Å²) in [5.41, 5.74) is 1.77. The molecule has 106 valence electrons. The molecule has 0 aliphatic rings. The molecule has 0 aliphatic heterocycles. The topological polar surface area (TPSA) is 0 Å². The molecule has 0 aromatic heterocycles. The van der Waals surface area contributed by atoms with Crippen molar-refractivity contribution in [2.24, 2.45) is 0 Å². The first-order chi connectivity index (χ1) is 10.1. The second-order valence-electron chi connectivity index (χ2n) is 4.71. The highest BCUT2D eigenvalue weighted by atomic mass is 79.9. The van der Waals surface area contributed by atoms with Crippen molar-refractivity contribution in [2.75, 3.05) is 0 Å². The lowest BCUT2D eigenvalue weighted by Crippen LogP contribution is -1.97. The molecule has 0 amide bonds. The van der Waals surface area contributed by atoms with E-state index in [1.165, 1.54) is 6.07 Å². The average Bonchev–Trinajstić information content (AvgIpc) is 2.47. The normalized spacial score (nSPS) is 12.6. The minimum Gasteiger partial charge on any atom is -0.206 e. The van der Waals surface area contributed by atoms with Crippen LogP contribution in [0.15, 0.2) is 59.1 Å². The first-order valence-corrected chi connectivity index (χ1v) is 7.95. The Hall–Kier alpha value is -1.09. The van der Waals surface area contributed by atoms with Gasteiger partial charge in [-0.25, -0.2) is 4.39 Å². The Labute approximate surface area is 140 Å². The van der Waals surface area contributed by atoms with E-state index in [1.54, 1.807) is 24.3 Å². The zero-order valence-electron chi connectivity index (χ0n) is 10.8. The van der Waals surface area contributed by atoms with Crippen LogP contribution in [0.3, 0.4) is 0 Å². The number of rotatable bonds is 2. The predicted molar refractivity (Wildman–Crippen MR) is 90.8 cm³/mol. The Morgan fingerprint density at radius 1 is 0.905 bits per heavy atom. The molecule has 3 aromatic carbocycles. The summed E-state index contributed by atoms with van der Waals surface area (Å²) in [6.45, 7) is 0. The van der Waals surface area contributed by atoms with Crippen molar-refractivity contribution in [3.63, 3.8) is 0 Å². The van der Waals surface area contributed by atoms with Gasteiger partial charge in [-0.3, -0.25) is 0 Å². The Balaban J connectivity index is 2.18. The fourth-order valence-electron chi connectivity index (χ4n) is 2.38. The Morgan fingerprint density at radius 3 is 2.29 bits per heavy atom. The number of hydrogen-bond acceptors (Lipinski definition) is 0. The molecule has 0 nitrogen and oxygen atoms in total. The second kappa shape index (κ2) is 5.96. The van der Waals surface area contributed by atoms with Gasteiger partial charge in [-0.05, 0) is 34.7 Å². The summed E-state index contributed by atoms with van der Waals surface area (Å²) < 4.78 is 14.7. The molecule has 0 spiro atoms.